The van der Waals surface area contributed by atoms with Gasteiger partial charge in [0.2, 0.25) is 0 Å². The van der Waals surface area contributed by atoms with Crippen LogP contribution in [-0.2, 0) is 0 Å². The highest BCUT2D eigenvalue weighted by Gasteiger charge is 2.11. The van der Waals surface area contributed by atoms with Gasteiger partial charge in [-0.05, 0) is 23.6 Å². The van der Waals surface area contributed by atoms with Crippen LogP contribution in [0.25, 0.3) is 0 Å². The Morgan fingerprint density at radius 1 is 1.13 bits per heavy atom. The molecule has 0 unspecified atom stereocenters. The van der Waals surface area contributed by atoms with Crippen molar-refractivity contribution >= 4 is 0 Å². The molecule has 0 saturated carbocycles. The second-order valence-corrected chi connectivity index (χ2v) is 3.44. The van der Waals surface area contributed by atoms with E-state index in [1.54, 1.807) is 12.1 Å². The lowest BCUT2D eigenvalue weighted by molar-refractivity contribution is -0.0512. The van der Waals surface area contributed by atoms with E-state index in [0.29, 0.717) is 11.7 Å². The number of rotatable bonds is 4. The van der Waals surface area contributed by atoms with Crippen LogP contribution in [0, 0.1) is 0 Å². The minimum Gasteiger partial charge on any atom is -0.493 e. The summed E-state index contributed by atoms with van der Waals surface area (Å²) in [7, 11) is 1.43. The van der Waals surface area contributed by atoms with Gasteiger partial charge in [0.05, 0.1) is 7.11 Å². The Hall–Kier alpha value is -1.32. The van der Waals surface area contributed by atoms with E-state index in [2.05, 4.69) is 4.74 Å². The normalized spacial score (nSPS) is 10.9. The fraction of sp³-hybridized carbons (Fsp3) is 0.455. The largest absolute Gasteiger partial charge is 0.493 e. The summed E-state index contributed by atoms with van der Waals surface area (Å²) in [4.78, 5) is 0. The van der Waals surface area contributed by atoms with Crippen LogP contribution in [0.4, 0.5) is 8.78 Å². The fourth-order valence-corrected chi connectivity index (χ4v) is 1.24. The first-order valence-corrected chi connectivity index (χ1v) is 4.67. The molecule has 0 saturated heterocycles. The molecule has 0 heterocycles. The molecule has 0 bridgehead atoms. The van der Waals surface area contributed by atoms with Gasteiger partial charge in [-0.1, -0.05) is 19.9 Å². The monoisotopic (exact) mass is 216 g/mol. The van der Waals surface area contributed by atoms with Crippen molar-refractivity contribution in [2.45, 2.75) is 26.4 Å². The maximum Gasteiger partial charge on any atom is 0.387 e. The third kappa shape index (κ3) is 3.08. The molecule has 1 rings (SSSR count). The summed E-state index contributed by atoms with van der Waals surface area (Å²) in [6.07, 6.45) is 0. The van der Waals surface area contributed by atoms with Crippen molar-refractivity contribution in [3.63, 3.8) is 0 Å². The first-order chi connectivity index (χ1) is 7.04. The summed E-state index contributed by atoms with van der Waals surface area (Å²) in [6, 6.07) is 4.97. The van der Waals surface area contributed by atoms with E-state index in [1.807, 2.05) is 13.8 Å². The molecule has 1 aromatic carbocycles. The van der Waals surface area contributed by atoms with Crippen LogP contribution in [-0.4, -0.2) is 13.7 Å². The summed E-state index contributed by atoms with van der Waals surface area (Å²) in [5.41, 5.74) is 1.02. The topological polar surface area (TPSA) is 18.5 Å². The Kier molecular flexibility index (Phi) is 3.88. The molecule has 0 radical (unpaired) electrons. The Bertz CT molecular complexity index is 324. The van der Waals surface area contributed by atoms with Crippen LogP contribution in [0.2, 0.25) is 0 Å². The quantitative estimate of drug-likeness (QED) is 0.767. The van der Waals surface area contributed by atoms with Crippen molar-refractivity contribution in [3.05, 3.63) is 23.8 Å². The Labute approximate surface area is 87.8 Å². The lowest BCUT2D eigenvalue weighted by Gasteiger charge is -2.12. The van der Waals surface area contributed by atoms with Crippen molar-refractivity contribution in [1.29, 1.82) is 0 Å². The van der Waals surface area contributed by atoms with E-state index in [9.17, 15) is 8.78 Å². The van der Waals surface area contributed by atoms with E-state index in [-0.39, 0.29) is 5.75 Å². The molecule has 2 nitrogen and oxygen atoms in total. The first kappa shape index (κ1) is 11.8. The van der Waals surface area contributed by atoms with Crippen LogP contribution in [0.15, 0.2) is 18.2 Å². The summed E-state index contributed by atoms with van der Waals surface area (Å²) in [5.74, 6) is 0.720. The second kappa shape index (κ2) is 4.96. The van der Waals surface area contributed by atoms with Gasteiger partial charge in [0.1, 0.15) is 0 Å². The Balaban J connectivity index is 2.98. The smallest absolute Gasteiger partial charge is 0.387 e. The van der Waals surface area contributed by atoms with Gasteiger partial charge in [0, 0.05) is 0 Å². The molecular weight excluding hydrogens is 202 g/mol. The van der Waals surface area contributed by atoms with Gasteiger partial charge in [0.25, 0.3) is 0 Å². The van der Waals surface area contributed by atoms with Crippen LogP contribution < -0.4 is 9.47 Å². The lowest BCUT2D eigenvalue weighted by atomic mass is 10.0. The third-order valence-corrected chi connectivity index (χ3v) is 2.07. The Morgan fingerprint density at radius 3 is 2.27 bits per heavy atom. The van der Waals surface area contributed by atoms with Crippen molar-refractivity contribution in [2.24, 2.45) is 0 Å². The maximum atomic E-state index is 12.0. The number of halogens is 2. The van der Waals surface area contributed by atoms with Crippen molar-refractivity contribution in [1.82, 2.24) is 0 Å². The minimum absolute atomic E-state index is 0.0666. The van der Waals surface area contributed by atoms with E-state index >= 15 is 0 Å². The average Bonchev–Trinajstić information content (AvgIpc) is 2.17. The van der Waals surface area contributed by atoms with Gasteiger partial charge in [-0.15, -0.1) is 0 Å². The fourth-order valence-electron chi connectivity index (χ4n) is 1.24. The molecule has 0 aromatic heterocycles. The predicted octanol–water partition coefficient (Wildman–Crippen LogP) is 3.42. The molecule has 0 atom stereocenters. The van der Waals surface area contributed by atoms with Gasteiger partial charge in [-0.25, -0.2) is 0 Å². The molecule has 4 heteroatoms. The number of ether oxygens (including phenoxy) is 2. The lowest BCUT2D eigenvalue weighted by Crippen LogP contribution is -2.04. The summed E-state index contributed by atoms with van der Waals surface area (Å²) < 4.78 is 33.3. The molecule has 0 aliphatic rings. The summed E-state index contributed by atoms with van der Waals surface area (Å²) >= 11 is 0. The second-order valence-electron chi connectivity index (χ2n) is 3.44. The third-order valence-electron chi connectivity index (χ3n) is 2.07. The average molecular weight is 216 g/mol. The van der Waals surface area contributed by atoms with Gasteiger partial charge in [-0.3, -0.25) is 0 Å². The van der Waals surface area contributed by atoms with E-state index in [1.165, 1.54) is 13.2 Å². The van der Waals surface area contributed by atoms with Crippen LogP contribution >= 0.6 is 0 Å². The molecule has 0 aliphatic heterocycles. The van der Waals surface area contributed by atoms with Crippen LogP contribution in [0.1, 0.15) is 25.3 Å². The zero-order valence-corrected chi connectivity index (χ0v) is 8.96. The van der Waals surface area contributed by atoms with Crippen molar-refractivity contribution in [3.8, 4) is 11.5 Å². The Morgan fingerprint density at radius 2 is 1.80 bits per heavy atom. The standard InChI is InChI=1S/C11H14F2O2/c1-7(2)8-4-5-9(15-11(12)13)10(6-8)14-3/h4-7,11H,1-3H3. The molecule has 1 aromatic rings. The van der Waals surface area contributed by atoms with Gasteiger partial charge >= 0.3 is 6.61 Å². The predicted molar refractivity (Wildman–Crippen MR) is 53.7 cm³/mol. The molecule has 0 fully saturated rings. The molecule has 0 amide bonds. The zero-order valence-electron chi connectivity index (χ0n) is 8.96. The first-order valence-electron chi connectivity index (χ1n) is 4.67. The van der Waals surface area contributed by atoms with Crippen molar-refractivity contribution in [2.75, 3.05) is 7.11 Å². The van der Waals surface area contributed by atoms with Crippen molar-refractivity contribution < 1.29 is 18.3 Å². The van der Waals surface area contributed by atoms with Gasteiger partial charge in [0.15, 0.2) is 11.5 Å². The number of methoxy groups -OCH3 is 1. The van der Waals surface area contributed by atoms with Gasteiger partial charge < -0.3 is 9.47 Å². The molecule has 0 spiro atoms. The van der Waals surface area contributed by atoms with E-state index in [4.69, 9.17) is 4.74 Å². The van der Waals surface area contributed by atoms with E-state index in [0.717, 1.165) is 5.56 Å². The van der Waals surface area contributed by atoms with Gasteiger partial charge in [-0.2, -0.15) is 8.78 Å². The van der Waals surface area contributed by atoms with Crippen LogP contribution in [0.3, 0.4) is 0 Å². The molecule has 0 N–H and O–H groups in total. The minimum atomic E-state index is -2.83. The van der Waals surface area contributed by atoms with Crippen LogP contribution in [0.5, 0.6) is 11.5 Å². The maximum absolute atomic E-state index is 12.0. The summed E-state index contributed by atoms with van der Waals surface area (Å²) in [5, 5.41) is 0. The SMILES string of the molecule is COc1cc(C(C)C)ccc1OC(F)F. The molecule has 0 aliphatic carbocycles. The summed E-state index contributed by atoms with van der Waals surface area (Å²) in [6.45, 7) is 1.20. The number of alkyl halides is 2. The zero-order chi connectivity index (χ0) is 11.4. The number of hydrogen-bond donors (Lipinski definition) is 0. The molecular formula is C11H14F2O2. The number of hydrogen-bond acceptors (Lipinski definition) is 2. The highest BCUT2D eigenvalue weighted by molar-refractivity contribution is 5.43. The molecule has 15 heavy (non-hydrogen) atoms. The molecule has 84 valence electrons. The highest BCUT2D eigenvalue weighted by Crippen LogP contribution is 2.31. The number of benzene rings is 1. The highest BCUT2D eigenvalue weighted by atomic mass is 19.3. The van der Waals surface area contributed by atoms with E-state index < -0.39 is 6.61 Å².